The molecule has 94 valence electrons. The molecule has 0 saturated heterocycles. The summed E-state index contributed by atoms with van der Waals surface area (Å²) in [7, 11) is 0. The lowest BCUT2D eigenvalue weighted by molar-refractivity contribution is 0.0946. The maximum Gasteiger partial charge on any atom is 0.264 e. The number of rotatable bonds is 3. The number of aromatic amines is 2. The molecule has 0 fully saturated rings. The SMILES string of the molecule is O=C(NCc1cc(=O)[nH][nH]1)c1c(F)cccc1Cl. The number of carbonyl (C=O) groups excluding carboxylic acids is 1. The Labute approximate surface area is 106 Å². The van der Waals surface area contributed by atoms with Gasteiger partial charge in [-0.05, 0) is 12.1 Å². The molecule has 1 aromatic heterocycles. The summed E-state index contributed by atoms with van der Waals surface area (Å²) in [6.45, 7) is 0.0717. The third kappa shape index (κ3) is 2.60. The minimum Gasteiger partial charge on any atom is -0.346 e. The van der Waals surface area contributed by atoms with Crippen molar-refractivity contribution >= 4 is 17.5 Å². The second-order valence-corrected chi connectivity index (χ2v) is 3.97. The van der Waals surface area contributed by atoms with Crippen LogP contribution in [0.4, 0.5) is 4.39 Å². The molecule has 7 heteroatoms. The molecule has 0 saturated carbocycles. The molecule has 18 heavy (non-hydrogen) atoms. The van der Waals surface area contributed by atoms with Crippen LogP contribution in [0.3, 0.4) is 0 Å². The fourth-order valence-corrected chi connectivity index (χ4v) is 1.69. The van der Waals surface area contributed by atoms with Crippen molar-refractivity contribution in [3.63, 3.8) is 0 Å². The molecule has 0 bridgehead atoms. The molecule has 0 radical (unpaired) electrons. The highest BCUT2D eigenvalue weighted by Crippen LogP contribution is 2.18. The molecular weight excluding hydrogens is 261 g/mol. The lowest BCUT2D eigenvalue weighted by Gasteiger charge is -2.06. The number of hydrogen-bond acceptors (Lipinski definition) is 2. The second-order valence-electron chi connectivity index (χ2n) is 3.56. The third-order valence-electron chi connectivity index (χ3n) is 2.28. The summed E-state index contributed by atoms with van der Waals surface area (Å²) in [4.78, 5) is 22.6. The molecular formula is C11H9ClFN3O2. The average Bonchev–Trinajstić information content (AvgIpc) is 2.72. The van der Waals surface area contributed by atoms with Gasteiger partial charge in [0.1, 0.15) is 5.82 Å². The van der Waals surface area contributed by atoms with E-state index in [0.717, 1.165) is 6.07 Å². The molecule has 2 rings (SSSR count). The number of carbonyl (C=O) groups is 1. The molecule has 2 aromatic rings. The Morgan fingerprint density at radius 3 is 2.78 bits per heavy atom. The van der Waals surface area contributed by atoms with Crippen LogP contribution in [0.15, 0.2) is 29.1 Å². The van der Waals surface area contributed by atoms with Crippen molar-refractivity contribution in [3.8, 4) is 0 Å². The van der Waals surface area contributed by atoms with E-state index in [1.165, 1.54) is 18.2 Å². The van der Waals surface area contributed by atoms with Gasteiger partial charge >= 0.3 is 0 Å². The summed E-state index contributed by atoms with van der Waals surface area (Å²) in [5, 5.41) is 7.38. The first-order chi connectivity index (χ1) is 8.58. The van der Waals surface area contributed by atoms with Crippen LogP contribution in [-0.2, 0) is 6.54 Å². The van der Waals surface area contributed by atoms with Gasteiger partial charge in [0.2, 0.25) is 0 Å². The van der Waals surface area contributed by atoms with E-state index >= 15 is 0 Å². The van der Waals surface area contributed by atoms with Gasteiger partial charge in [-0.3, -0.25) is 14.7 Å². The fraction of sp³-hybridized carbons (Fsp3) is 0.0909. The molecule has 3 N–H and O–H groups in total. The summed E-state index contributed by atoms with van der Waals surface area (Å²) in [5.41, 5.74) is -0.0268. The molecule has 1 amide bonds. The fourth-order valence-electron chi connectivity index (χ4n) is 1.45. The Morgan fingerprint density at radius 2 is 2.17 bits per heavy atom. The van der Waals surface area contributed by atoms with Crippen LogP contribution >= 0.6 is 11.6 Å². The number of aromatic nitrogens is 2. The highest BCUT2D eigenvalue weighted by Gasteiger charge is 2.15. The van der Waals surface area contributed by atoms with Crippen LogP contribution in [0, 0.1) is 5.82 Å². The van der Waals surface area contributed by atoms with E-state index in [-0.39, 0.29) is 22.7 Å². The molecule has 0 unspecified atom stereocenters. The molecule has 0 aliphatic carbocycles. The zero-order valence-electron chi connectivity index (χ0n) is 9.09. The highest BCUT2D eigenvalue weighted by atomic mass is 35.5. The van der Waals surface area contributed by atoms with Gasteiger partial charge in [-0.15, -0.1) is 0 Å². The van der Waals surface area contributed by atoms with Crippen molar-refractivity contribution in [3.05, 3.63) is 56.7 Å². The lowest BCUT2D eigenvalue weighted by Crippen LogP contribution is -2.24. The van der Waals surface area contributed by atoms with Gasteiger partial charge in [-0.25, -0.2) is 4.39 Å². The number of halogens is 2. The van der Waals surface area contributed by atoms with E-state index in [9.17, 15) is 14.0 Å². The van der Waals surface area contributed by atoms with Crippen LogP contribution in [-0.4, -0.2) is 16.1 Å². The molecule has 0 aliphatic heterocycles. The zero-order valence-corrected chi connectivity index (χ0v) is 9.84. The van der Waals surface area contributed by atoms with E-state index in [1.807, 2.05) is 0 Å². The van der Waals surface area contributed by atoms with Crippen LogP contribution in [0.25, 0.3) is 0 Å². The average molecular weight is 270 g/mol. The minimum atomic E-state index is -0.692. The largest absolute Gasteiger partial charge is 0.346 e. The van der Waals surface area contributed by atoms with Crippen molar-refractivity contribution in [2.24, 2.45) is 0 Å². The van der Waals surface area contributed by atoms with Crippen molar-refractivity contribution < 1.29 is 9.18 Å². The molecule has 1 heterocycles. The number of nitrogens with one attached hydrogen (secondary N) is 3. The van der Waals surface area contributed by atoms with Gasteiger partial charge in [-0.2, -0.15) is 0 Å². The van der Waals surface area contributed by atoms with E-state index in [0.29, 0.717) is 5.69 Å². The predicted molar refractivity (Wildman–Crippen MR) is 64.0 cm³/mol. The highest BCUT2D eigenvalue weighted by molar-refractivity contribution is 6.33. The number of benzene rings is 1. The van der Waals surface area contributed by atoms with Crippen LogP contribution in [0.5, 0.6) is 0 Å². The van der Waals surface area contributed by atoms with Gasteiger partial charge in [-0.1, -0.05) is 17.7 Å². The Hall–Kier alpha value is -2.08. The quantitative estimate of drug-likeness (QED) is 0.788. The standard InChI is InChI=1S/C11H9ClFN3O2/c12-7-2-1-3-8(13)10(7)11(18)14-5-6-4-9(17)16-15-6/h1-4H,5H2,(H,14,18)(H2,15,16,17). The van der Waals surface area contributed by atoms with Gasteiger partial charge in [0, 0.05) is 6.07 Å². The predicted octanol–water partition coefficient (Wildman–Crippen LogP) is 1.43. The first-order valence-electron chi connectivity index (χ1n) is 5.06. The van der Waals surface area contributed by atoms with E-state index in [4.69, 9.17) is 11.6 Å². The van der Waals surface area contributed by atoms with Crippen LogP contribution in [0.2, 0.25) is 5.02 Å². The molecule has 5 nitrogen and oxygen atoms in total. The first-order valence-corrected chi connectivity index (χ1v) is 5.44. The molecule has 1 aromatic carbocycles. The van der Waals surface area contributed by atoms with Crippen molar-refractivity contribution in [2.45, 2.75) is 6.54 Å². The van der Waals surface area contributed by atoms with Crippen LogP contribution in [0.1, 0.15) is 16.1 Å². The number of amides is 1. The van der Waals surface area contributed by atoms with Crippen molar-refractivity contribution in [1.82, 2.24) is 15.5 Å². The minimum absolute atomic E-state index is 0.0371. The van der Waals surface area contributed by atoms with Gasteiger partial charge in [0.15, 0.2) is 0 Å². The number of hydrogen-bond donors (Lipinski definition) is 3. The van der Waals surface area contributed by atoms with Gasteiger partial charge in [0.25, 0.3) is 11.5 Å². The summed E-state index contributed by atoms with van der Waals surface area (Å²) in [5.74, 6) is -1.33. The third-order valence-corrected chi connectivity index (χ3v) is 2.60. The van der Waals surface area contributed by atoms with Gasteiger partial charge in [0.05, 0.1) is 22.8 Å². The summed E-state index contributed by atoms with van der Waals surface area (Å²) >= 11 is 5.75. The summed E-state index contributed by atoms with van der Waals surface area (Å²) in [6.07, 6.45) is 0. The second kappa shape index (κ2) is 5.05. The lowest BCUT2D eigenvalue weighted by atomic mass is 10.2. The van der Waals surface area contributed by atoms with Crippen molar-refractivity contribution in [2.75, 3.05) is 0 Å². The zero-order chi connectivity index (χ0) is 13.1. The van der Waals surface area contributed by atoms with E-state index < -0.39 is 11.7 Å². The Bertz CT molecular complexity index is 615. The van der Waals surface area contributed by atoms with Crippen molar-refractivity contribution in [1.29, 1.82) is 0 Å². The topological polar surface area (TPSA) is 77.8 Å². The normalized spacial score (nSPS) is 10.3. The molecule has 0 aliphatic rings. The Balaban J connectivity index is 2.11. The van der Waals surface area contributed by atoms with E-state index in [2.05, 4.69) is 15.5 Å². The van der Waals surface area contributed by atoms with Crippen LogP contribution < -0.4 is 10.9 Å². The maximum atomic E-state index is 13.4. The summed E-state index contributed by atoms with van der Waals surface area (Å²) < 4.78 is 13.4. The maximum absolute atomic E-state index is 13.4. The molecule has 0 atom stereocenters. The van der Waals surface area contributed by atoms with Gasteiger partial charge < -0.3 is 10.4 Å². The molecule has 0 spiro atoms. The first kappa shape index (κ1) is 12.4. The smallest absolute Gasteiger partial charge is 0.264 e. The summed E-state index contributed by atoms with van der Waals surface area (Å²) in [6, 6.07) is 5.29. The monoisotopic (exact) mass is 269 g/mol. The number of H-pyrrole nitrogens is 2. The Morgan fingerprint density at radius 1 is 1.39 bits per heavy atom. The van der Waals surface area contributed by atoms with E-state index in [1.54, 1.807) is 0 Å². The Kier molecular flexibility index (Phi) is 3.47.